The van der Waals surface area contributed by atoms with Crippen molar-refractivity contribution in [2.45, 2.75) is 25.7 Å². The number of anilines is 1. The van der Waals surface area contributed by atoms with Crippen molar-refractivity contribution in [3.63, 3.8) is 0 Å². The van der Waals surface area contributed by atoms with Gasteiger partial charge in [-0.25, -0.2) is 8.78 Å². The number of nitrogens with zero attached hydrogens (tertiary/aromatic N) is 5. The van der Waals surface area contributed by atoms with Gasteiger partial charge in [-0.1, -0.05) is 30.5 Å². The Morgan fingerprint density at radius 3 is 2.48 bits per heavy atom. The van der Waals surface area contributed by atoms with Gasteiger partial charge in [-0.05, 0) is 30.5 Å². The lowest BCUT2D eigenvalue weighted by atomic mass is 10.1. The van der Waals surface area contributed by atoms with Gasteiger partial charge in [0.1, 0.15) is 17.3 Å². The van der Waals surface area contributed by atoms with Crippen molar-refractivity contribution in [3.8, 4) is 11.1 Å². The van der Waals surface area contributed by atoms with E-state index in [1.807, 2.05) is 0 Å². The zero-order valence-corrected chi connectivity index (χ0v) is 14.2. The maximum absolute atomic E-state index is 13.8. The number of hydrogen-bond donors (Lipinski definition) is 0. The Bertz CT molecular complexity index is 919. The summed E-state index contributed by atoms with van der Waals surface area (Å²) in [6, 6.07) is 3.74. The lowest BCUT2D eigenvalue weighted by Gasteiger charge is -2.26. The Morgan fingerprint density at radius 1 is 1.00 bits per heavy atom. The van der Waals surface area contributed by atoms with E-state index in [0.717, 1.165) is 56.7 Å². The fraction of sp³-hybridized carbons (Fsp3) is 0.353. The molecule has 25 heavy (non-hydrogen) atoms. The smallest absolute Gasteiger partial charge is 0.255 e. The van der Waals surface area contributed by atoms with E-state index in [1.165, 1.54) is 12.4 Å². The zero-order chi connectivity index (χ0) is 17.4. The van der Waals surface area contributed by atoms with Crippen LogP contribution >= 0.6 is 11.6 Å². The summed E-state index contributed by atoms with van der Waals surface area (Å²) in [5.74, 6) is -0.712. The molecule has 0 amide bonds. The third-order valence-electron chi connectivity index (χ3n) is 4.47. The van der Waals surface area contributed by atoms with E-state index in [2.05, 4.69) is 20.0 Å². The van der Waals surface area contributed by atoms with E-state index in [0.29, 0.717) is 16.9 Å². The molecule has 3 aromatic rings. The first-order chi connectivity index (χ1) is 12.1. The maximum Gasteiger partial charge on any atom is 0.255 e. The van der Waals surface area contributed by atoms with E-state index in [4.69, 9.17) is 11.6 Å². The number of halogens is 3. The van der Waals surface area contributed by atoms with Gasteiger partial charge in [-0.15, -0.1) is 0 Å². The minimum Gasteiger partial charge on any atom is -0.356 e. The second-order valence-corrected chi connectivity index (χ2v) is 6.46. The highest BCUT2D eigenvalue weighted by atomic mass is 35.5. The van der Waals surface area contributed by atoms with Gasteiger partial charge in [0, 0.05) is 13.1 Å². The summed E-state index contributed by atoms with van der Waals surface area (Å²) in [5.41, 5.74) is 1.01. The van der Waals surface area contributed by atoms with E-state index < -0.39 is 11.6 Å². The third-order valence-corrected chi connectivity index (χ3v) is 4.75. The predicted molar refractivity (Wildman–Crippen MR) is 91.8 cm³/mol. The van der Waals surface area contributed by atoms with Crippen molar-refractivity contribution in [1.82, 2.24) is 19.6 Å². The van der Waals surface area contributed by atoms with Crippen molar-refractivity contribution in [2.24, 2.45) is 0 Å². The van der Waals surface area contributed by atoms with Gasteiger partial charge < -0.3 is 4.90 Å². The van der Waals surface area contributed by atoms with Crippen LogP contribution in [0.15, 0.2) is 24.5 Å². The second-order valence-electron chi connectivity index (χ2n) is 6.10. The van der Waals surface area contributed by atoms with Crippen molar-refractivity contribution in [3.05, 3.63) is 41.3 Å². The first-order valence-electron chi connectivity index (χ1n) is 8.25. The standard InChI is InChI=1S/C17H16ClF2N5/c18-15-14(11-5-6-12(19)13(20)9-11)16(24-7-3-1-2-4-8-24)25-17(23-15)21-10-22-25/h5-6,9-10H,1-4,7-8H2. The first-order valence-corrected chi connectivity index (χ1v) is 8.62. The summed E-state index contributed by atoms with van der Waals surface area (Å²) < 4.78 is 28.8. The molecule has 0 N–H and O–H groups in total. The van der Waals surface area contributed by atoms with Gasteiger partial charge in [-0.2, -0.15) is 19.6 Å². The Hall–Kier alpha value is -2.28. The van der Waals surface area contributed by atoms with Crippen LogP contribution in [-0.4, -0.2) is 32.7 Å². The Morgan fingerprint density at radius 2 is 1.76 bits per heavy atom. The molecule has 0 unspecified atom stereocenters. The minimum absolute atomic E-state index is 0.200. The summed E-state index contributed by atoms with van der Waals surface area (Å²) in [5, 5.41) is 4.47. The molecule has 3 heterocycles. The van der Waals surface area contributed by atoms with Crippen LogP contribution in [0, 0.1) is 11.6 Å². The fourth-order valence-electron chi connectivity index (χ4n) is 3.28. The van der Waals surface area contributed by atoms with Crippen LogP contribution in [0.4, 0.5) is 14.6 Å². The molecule has 0 aliphatic carbocycles. The number of fused-ring (bicyclic) bond motifs is 1. The van der Waals surface area contributed by atoms with E-state index in [1.54, 1.807) is 4.52 Å². The van der Waals surface area contributed by atoms with Crippen molar-refractivity contribution in [2.75, 3.05) is 18.0 Å². The number of aromatic nitrogens is 4. The van der Waals surface area contributed by atoms with Crippen molar-refractivity contribution < 1.29 is 8.78 Å². The molecule has 1 aromatic carbocycles. The normalized spacial score (nSPS) is 15.6. The van der Waals surface area contributed by atoms with Crippen molar-refractivity contribution in [1.29, 1.82) is 0 Å². The Balaban J connectivity index is 1.96. The number of hydrogen-bond acceptors (Lipinski definition) is 4. The molecule has 0 spiro atoms. The van der Waals surface area contributed by atoms with Crippen LogP contribution in [-0.2, 0) is 0 Å². The molecule has 0 bridgehead atoms. The van der Waals surface area contributed by atoms with Crippen LogP contribution in [0.1, 0.15) is 25.7 Å². The molecule has 1 aliphatic heterocycles. The highest BCUT2D eigenvalue weighted by Crippen LogP contribution is 2.37. The molecule has 5 nitrogen and oxygen atoms in total. The van der Waals surface area contributed by atoms with E-state index in [9.17, 15) is 8.78 Å². The van der Waals surface area contributed by atoms with Crippen LogP contribution in [0.3, 0.4) is 0 Å². The van der Waals surface area contributed by atoms with Gasteiger partial charge in [0.15, 0.2) is 11.6 Å². The van der Waals surface area contributed by atoms with Crippen LogP contribution in [0.5, 0.6) is 0 Å². The quantitative estimate of drug-likeness (QED) is 0.643. The summed E-state index contributed by atoms with van der Waals surface area (Å²) in [7, 11) is 0. The van der Waals surface area contributed by atoms with Gasteiger partial charge >= 0.3 is 0 Å². The largest absolute Gasteiger partial charge is 0.356 e. The molecule has 130 valence electrons. The van der Waals surface area contributed by atoms with E-state index >= 15 is 0 Å². The highest BCUT2D eigenvalue weighted by Gasteiger charge is 2.23. The SMILES string of the molecule is Fc1ccc(-c2c(Cl)nc3ncnn3c2N2CCCCCC2)cc1F. The predicted octanol–water partition coefficient (Wildman–Crippen LogP) is 4.10. The van der Waals surface area contributed by atoms with Crippen molar-refractivity contribution >= 4 is 23.2 Å². The molecule has 0 atom stereocenters. The van der Waals surface area contributed by atoms with Crippen LogP contribution in [0.2, 0.25) is 5.15 Å². The Labute approximate surface area is 148 Å². The molecule has 2 aromatic heterocycles. The summed E-state index contributed by atoms with van der Waals surface area (Å²) in [6.45, 7) is 1.68. The fourth-order valence-corrected chi connectivity index (χ4v) is 3.55. The summed E-state index contributed by atoms with van der Waals surface area (Å²) in [6.07, 6.45) is 5.84. The number of benzene rings is 1. The van der Waals surface area contributed by atoms with E-state index in [-0.39, 0.29) is 5.15 Å². The number of rotatable bonds is 2. The molecule has 8 heteroatoms. The average molecular weight is 364 g/mol. The highest BCUT2D eigenvalue weighted by molar-refractivity contribution is 6.33. The zero-order valence-electron chi connectivity index (χ0n) is 13.4. The van der Waals surface area contributed by atoms with Crippen LogP contribution < -0.4 is 4.90 Å². The molecule has 0 saturated carbocycles. The van der Waals surface area contributed by atoms with Gasteiger partial charge in [0.2, 0.25) is 0 Å². The monoisotopic (exact) mass is 363 g/mol. The lowest BCUT2D eigenvalue weighted by Crippen LogP contribution is -2.27. The lowest BCUT2D eigenvalue weighted by molar-refractivity contribution is 0.509. The second kappa shape index (κ2) is 6.55. The molecular weight excluding hydrogens is 348 g/mol. The van der Waals surface area contributed by atoms with Gasteiger partial charge in [0.25, 0.3) is 5.78 Å². The molecule has 1 aliphatic rings. The summed E-state index contributed by atoms with van der Waals surface area (Å²) in [4.78, 5) is 10.6. The third kappa shape index (κ3) is 2.93. The molecule has 1 fully saturated rings. The average Bonchev–Trinajstić information content (AvgIpc) is 2.89. The Kier molecular flexibility index (Phi) is 4.25. The molecular formula is C17H16ClF2N5. The maximum atomic E-state index is 13.8. The summed E-state index contributed by atoms with van der Waals surface area (Å²) >= 11 is 6.42. The van der Waals surface area contributed by atoms with Gasteiger partial charge in [0.05, 0.1) is 5.56 Å². The first kappa shape index (κ1) is 16.2. The van der Waals surface area contributed by atoms with Gasteiger partial charge in [-0.3, -0.25) is 0 Å². The molecule has 0 radical (unpaired) electrons. The topological polar surface area (TPSA) is 46.3 Å². The molecule has 4 rings (SSSR count). The molecule has 1 saturated heterocycles. The van der Waals surface area contributed by atoms with Crippen LogP contribution in [0.25, 0.3) is 16.9 Å². The minimum atomic E-state index is -0.922.